The lowest BCUT2D eigenvalue weighted by molar-refractivity contribution is 0.413. The van der Waals surface area contributed by atoms with Gasteiger partial charge in [-0.3, -0.25) is 0 Å². The summed E-state index contributed by atoms with van der Waals surface area (Å²) in [5.74, 6) is 0.660. The number of ether oxygens (including phenoxy) is 1. The van der Waals surface area contributed by atoms with Gasteiger partial charge in [-0.15, -0.1) is 0 Å². The maximum atomic E-state index is 11.4. The summed E-state index contributed by atoms with van der Waals surface area (Å²) in [6.45, 7) is 0. The predicted molar refractivity (Wildman–Crippen MR) is 64.0 cm³/mol. The van der Waals surface area contributed by atoms with Gasteiger partial charge in [-0.1, -0.05) is 12.1 Å². The van der Waals surface area contributed by atoms with Crippen LogP contribution in [0.3, 0.4) is 0 Å². The number of rotatable bonds is 4. The number of sulfonamides is 1. The fraction of sp³-hybridized carbons (Fsp3) is 0.364. The van der Waals surface area contributed by atoms with E-state index in [1.165, 1.54) is 7.05 Å². The van der Waals surface area contributed by atoms with Gasteiger partial charge < -0.3 is 4.74 Å². The molecule has 1 unspecified atom stereocenters. The summed E-state index contributed by atoms with van der Waals surface area (Å²) in [6.07, 6.45) is 1.07. The normalized spacial score (nSPS) is 13.1. The zero-order chi connectivity index (χ0) is 13.1. The highest BCUT2D eigenvalue weighted by atomic mass is 32.2. The summed E-state index contributed by atoms with van der Waals surface area (Å²) in [4.78, 5) is 0. The second-order valence-electron chi connectivity index (χ2n) is 3.58. The molecule has 0 aliphatic rings. The summed E-state index contributed by atoms with van der Waals surface area (Å²) in [5.41, 5.74) is 0.612. The van der Waals surface area contributed by atoms with Crippen molar-refractivity contribution in [1.29, 1.82) is 5.26 Å². The molecule has 0 radical (unpaired) electrons. The van der Waals surface area contributed by atoms with E-state index in [1.807, 2.05) is 6.07 Å². The van der Waals surface area contributed by atoms with Gasteiger partial charge in [0.05, 0.1) is 19.4 Å². The summed E-state index contributed by atoms with van der Waals surface area (Å²) in [7, 11) is -0.475. The van der Waals surface area contributed by atoms with Crippen LogP contribution in [0.1, 0.15) is 11.6 Å². The summed E-state index contributed by atoms with van der Waals surface area (Å²) >= 11 is 0. The maximum absolute atomic E-state index is 11.4. The van der Waals surface area contributed by atoms with Crippen molar-refractivity contribution in [1.82, 2.24) is 4.31 Å². The molecule has 0 fully saturated rings. The van der Waals surface area contributed by atoms with Crippen molar-refractivity contribution in [3.05, 3.63) is 29.8 Å². The Morgan fingerprint density at radius 2 is 1.88 bits per heavy atom. The fourth-order valence-corrected chi connectivity index (χ4v) is 1.90. The van der Waals surface area contributed by atoms with Gasteiger partial charge in [0, 0.05) is 7.05 Å². The van der Waals surface area contributed by atoms with Crippen LogP contribution in [0.2, 0.25) is 0 Å². The van der Waals surface area contributed by atoms with Crippen molar-refractivity contribution >= 4 is 10.0 Å². The third-order valence-corrected chi connectivity index (χ3v) is 3.70. The molecule has 0 saturated carbocycles. The molecule has 92 valence electrons. The van der Waals surface area contributed by atoms with Gasteiger partial charge in [0.1, 0.15) is 11.8 Å². The zero-order valence-corrected chi connectivity index (χ0v) is 10.7. The number of benzene rings is 1. The van der Waals surface area contributed by atoms with Crippen LogP contribution in [-0.2, 0) is 10.0 Å². The molecule has 1 atom stereocenters. The standard InChI is InChI=1S/C11H14N2O3S/c1-13(17(3,14)15)11(8-12)9-4-6-10(16-2)7-5-9/h4-7,11H,1-3H3. The molecule has 6 heteroatoms. The average Bonchev–Trinajstić information content (AvgIpc) is 2.29. The van der Waals surface area contributed by atoms with Crippen molar-refractivity contribution in [3.8, 4) is 11.8 Å². The van der Waals surface area contributed by atoms with Crippen molar-refractivity contribution in [2.24, 2.45) is 0 Å². The molecule has 0 aliphatic heterocycles. The zero-order valence-electron chi connectivity index (χ0n) is 9.91. The van der Waals surface area contributed by atoms with Crippen LogP contribution in [0.25, 0.3) is 0 Å². The molecule has 0 bridgehead atoms. The topological polar surface area (TPSA) is 70.4 Å². The molecule has 1 aromatic rings. The Morgan fingerprint density at radius 3 is 2.24 bits per heavy atom. The minimum absolute atomic E-state index is 0.612. The van der Waals surface area contributed by atoms with E-state index in [1.54, 1.807) is 31.4 Å². The Labute approximate surface area is 101 Å². The third-order valence-electron chi connectivity index (χ3n) is 2.44. The first-order valence-corrected chi connectivity index (χ1v) is 6.71. The van der Waals surface area contributed by atoms with Crippen molar-refractivity contribution in [2.45, 2.75) is 6.04 Å². The van der Waals surface area contributed by atoms with Crippen LogP contribution >= 0.6 is 0 Å². The van der Waals surface area contributed by atoms with E-state index in [-0.39, 0.29) is 0 Å². The molecule has 0 aromatic heterocycles. The minimum atomic E-state index is -3.40. The number of nitrogens with zero attached hydrogens (tertiary/aromatic N) is 2. The largest absolute Gasteiger partial charge is 0.497 e. The Balaban J connectivity index is 3.07. The number of methoxy groups -OCH3 is 1. The molecule has 1 aromatic carbocycles. The third kappa shape index (κ3) is 3.19. The molecule has 0 amide bonds. The molecule has 0 spiro atoms. The quantitative estimate of drug-likeness (QED) is 0.808. The molecule has 17 heavy (non-hydrogen) atoms. The van der Waals surface area contributed by atoms with E-state index in [0.29, 0.717) is 11.3 Å². The molecule has 0 saturated heterocycles. The van der Waals surface area contributed by atoms with E-state index in [0.717, 1.165) is 10.6 Å². The van der Waals surface area contributed by atoms with Crippen LogP contribution in [0, 0.1) is 11.3 Å². The van der Waals surface area contributed by atoms with Crippen molar-refractivity contribution in [3.63, 3.8) is 0 Å². The van der Waals surface area contributed by atoms with E-state index >= 15 is 0 Å². The average molecular weight is 254 g/mol. The van der Waals surface area contributed by atoms with Crippen LogP contribution in [0.5, 0.6) is 5.75 Å². The van der Waals surface area contributed by atoms with Crippen LogP contribution in [0.15, 0.2) is 24.3 Å². The number of nitriles is 1. The first-order valence-electron chi connectivity index (χ1n) is 4.86. The SMILES string of the molecule is COc1ccc(C(C#N)N(C)S(C)(=O)=O)cc1. The lowest BCUT2D eigenvalue weighted by atomic mass is 10.1. The molecule has 0 heterocycles. The smallest absolute Gasteiger partial charge is 0.212 e. The van der Waals surface area contributed by atoms with E-state index in [4.69, 9.17) is 10.00 Å². The molecule has 0 aliphatic carbocycles. The summed E-state index contributed by atoms with van der Waals surface area (Å²) < 4.78 is 28.8. The monoisotopic (exact) mass is 254 g/mol. The Bertz CT molecular complexity index is 517. The Morgan fingerprint density at radius 1 is 1.35 bits per heavy atom. The lowest BCUT2D eigenvalue weighted by Gasteiger charge is -2.20. The van der Waals surface area contributed by atoms with E-state index in [2.05, 4.69) is 0 Å². The second-order valence-corrected chi connectivity index (χ2v) is 5.63. The van der Waals surface area contributed by atoms with E-state index < -0.39 is 16.1 Å². The van der Waals surface area contributed by atoms with Crippen LogP contribution < -0.4 is 4.74 Å². The van der Waals surface area contributed by atoms with Gasteiger partial charge in [-0.25, -0.2) is 8.42 Å². The second kappa shape index (κ2) is 5.17. The summed E-state index contributed by atoms with van der Waals surface area (Å²) in [6, 6.07) is 7.88. The molecule has 1 rings (SSSR count). The predicted octanol–water partition coefficient (Wildman–Crippen LogP) is 1.15. The highest BCUT2D eigenvalue weighted by Crippen LogP contribution is 2.23. The van der Waals surface area contributed by atoms with Gasteiger partial charge in [0.2, 0.25) is 10.0 Å². The highest BCUT2D eigenvalue weighted by molar-refractivity contribution is 7.88. The Kier molecular flexibility index (Phi) is 4.10. The first-order chi connectivity index (χ1) is 7.90. The van der Waals surface area contributed by atoms with Gasteiger partial charge >= 0.3 is 0 Å². The maximum Gasteiger partial charge on any atom is 0.212 e. The van der Waals surface area contributed by atoms with Crippen molar-refractivity contribution in [2.75, 3.05) is 20.4 Å². The number of hydrogen-bond donors (Lipinski definition) is 0. The van der Waals surface area contributed by atoms with Gasteiger partial charge in [-0.05, 0) is 17.7 Å². The van der Waals surface area contributed by atoms with Crippen molar-refractivity contribution < 1.29 is 13.2 Å². The highest BCUT2D eigenvalue weighted by Gasteiger charge is 2.23. The first kappa shape index (κ1) is 13.5. The molecule has 5 nitrogen and oxygen atoms in total. The molecule has 0 N–H and O–H groups in total. The molecular weight excluding hydrogens is 240 g/mol. The molecular formula is C11H14N2O3S. The number of hydrogen-bond acceptors (Lipinski definition) is 4. The van der Waals surface area contributed by atoms with E-state index in [9.17, 15) is 8.42 Å². The minimum Gasteiger partial charge on any atom is -0.497 e. The van der Waals surface area contributed by atoms with Gasteiger partial charge in [0.15, 0.2) is 0 Å². The lowest BCUT2D eigenvalue weighted by Crippen LogP contribution is -2.29. The fourth-order valence-electron chi connectivity index (χ4n) is 1.34. The van der Waals surface area contributed by atoms with Gasteiger partial charge in [-0.2, -0.15) is 9.57 Å². The Hall–Kier alpha value is -1.58. The van der Waals surface area contributed by atoms with Crippen LogP contribution in [-0.4, -0.2) is 33.1 Å². The summed E-state index contributed by atoms with van der Waals surface area (Å²) in [5, 5.41) is 9.05. The van der Waals surface area contributed by atoms with Gasteiger partial charge in [0.25, 0.3) is 0 Å². The van der Waals surface area contributed by atoms with Crippen LogP contribution in [0.4, 0.5) is 0 Å².